The second-order valence-corrected chi connectivity index (χ2v) is 2.18. The summed E-state index contributed by atoms with van der Waals surface area (Å²) < 4.78 is 0. The van der Waals surface area contributed by atoms with Crippen LogP contribution in [0.3, 0.4) is 0 Å². The Bertz CT molecular complexity index is 123. The van der Waals surface area contributed by atoms with E-state index < -0.39 is 0 Å². The highest BCUT2D eigenvalue weighted by Gasteiger charge is 2.41. The van der Waals surface area contributed by atoms with E-state index in [0.29, 0.717) is 0 Å². The summed E-state index contributed by atoms with van der Waals surface area (Å²) >= 11 is 0. The van der Waals surface area contributed by atoms with Gasteiger partial charge < -0.3 is 10.4 Å². The number of hydrogen-bond acceptors (Lipinski definition) is 3. The Morgan fingerprint density at radius 2 is 2.38 bits per heavy atom. The van der Waals surface area contributed by atoms with Crippen molar-refractivity contribution in [1.82, 2.24) is 5.32 Å². The zero-order chi connectivity index (χ0) is 6.04. The van der Waals surface area contributed by atoms with Crippen molar-refractivity contribution in [3.05, 3.63) is 0 Å². The van der Waals surface area contributed by atoms with Gasteiger partial charge in [-0.1, -0.05) is 0 Å². The quantitative estimate of drug-likeness (QED) is 0.377. The monoisotopic (exact) mass is 112 g/mol. The molecule has 0 amide bonds. The fraction of sp³-hybridized carbons (Fsp3) is 0.800. The third kappa shape index (κ3) is 0.749. The molecule has 0 bridgehead atoms. The Morgan fingerprint density at radius 3 is 2.50 bits per heavy atom. The topological polar surface area (TPSA) is 56.0 Å². The minimum absolute atomic E-state index is 0.0839. The molecule has 2 N–H and O–H groups in total. The molecule has 1 fully saturated rings. The van der Waals surface area contributed by atoms with E-state index in [2.05, 4.69) is 5.32 Å². The normalized spacial score (nSPS) is 21.5. The number of nitrogens with one attached hydrogen (secondary N) is 1. The smallest absolute Gasteiger partial charge is 0.177 e. The third-order valence-electron chi connectivity index (χ3n) is 1.48. The number of aliphatic hydroxyl groups is 1. The van der Waals surface area contributed by atoms with Crippen molar-refractivity contribution < 1.29 is 5.11 Å². The predicted molar refractivity (Wildman–Crippen MR) is 27.8 cm³/mol. The van der Waals surface area contributed by atoms with Crippen LogP contribution in [0.25, 0.3) is 0 Å². The molecule has 0 unspecified atom stereocenters. The van der Waals surface area contributed by atoms with Gasteiger partial charge in [-0.3, -0.25) is 0 Å². The average molecular weight is 112 g/mol. The fourth-order valence-electron chi connectivity index (χ4n) is 0.592. The van der Waals surface area contributed by atoms with Gasteiger partial charge >= 0.3 is 0 Å². The van der Waals surface area contributed by atoms with Gasteiger partial charge in [-0.2, -0.15) is 5.26 Å². The zero-order valence-corrected chi connectivity index (χ0v) is 4.52. The Hall–Kier alpha value is -0.750. The van der Waals surface area contributed by atoms with Gasteiger partial charge in [0.25, 0.3) is 0 Å². The van der Waals surface area contributed by atoms with E-state index >= 15 is 0 Å². The molecule has 8 heavy (non-hydrogen) atoms. The zero-order valence-electron chi connectivity index (χ0n) is 4.52. The molecular weight excluding hydrogens is 104 g/mol. The molecule has 1 aliphatic rings. The summed E-state index contributed by atoms with van der Waals surface area (Å²) in [4.78, 5) is 0. The molecule has 0 atom stereocenters. The number of nitrogens with zero attached hydrogens (tertiary/aromatic N) is 1. The molecule has 0 aromatic heterocycles. The number of hydrogen-bond donors (Lipinski definition) is 2. The van der Waals surface area contributed by atoms with Crippen molar-refractivity contribution >= 4 is 0 Å². The molecular formula is C5H8N2O. The van der Waals surface area contributed by atoms with Crippen LogP contribution < -0.4 is 5.32 Å². The first-order valence-electron chi connectivity index (χ1n) is 2.60. The number of aliphatic hydroxyl groups excluding tert-OH is 1. The van der Waals surface area contributed by atoms with Crippen LogP contribution in [0.4, 0.5) is 0 Å². The first kappa shape index (κ1) is 5.39. The Kier molecular flexibility index (Phi) is 1.10. The average Bonchev–Trinajstić information content (AvgIpc) is 2.50. The van der Waals surface area contributed by atoms with Crippen LogP contribution in [-0.2, 0) is 0 Å². The van der Waals surface area contributed by atoms with Gasteiger partial charge in [0.2, 0.25) is 0 Å². The van der Waals surface area contributed by atoms with Gasteiger partial charge in [-0.15, -0.1) is 0 Å². The minimum atomic E-state index is -0.214. The molecule has 0 aliphatic heterocycles. The van der Waals surface area contributed by atoms with Crippen LogP contribution in [0.5, 0.6) is 0 Å². The van der Waals surface area contributed by atoms with E-state index in [9.17, 15) is 0 Å². The van der Waals surface area contributed by atoms with E-state index in [4.69, 9.17) is 10.4 Å². The number of nitriles is 1. The Balaban J connectivity index is 2.33. The maximum absolute atomic E-state index is 8.57. The van der Waals surface area contributed by atoms with Crippen molar-refractivity contribution in [3.8, 4) is 6.19 Å². The Morgan fingerprint density at radius 1 is 1.75 bits per heavy atom. The molecule has 0 aromatic carbocycles. The van der Waals surface area contributed by atoms with Crippen molar-refractivity contribution in [2.45, 2.75) is 18.4 Å². The van der Waals surface area contributed by atoms with Crippen LogP contribution in [0, 0.1) is 11.5 Å². The summed E-state index contributed by atoms with van der Waals surface area (Å²) in [5, 5.41) is 19.2. The van der Waals surface area contributed by atoms with E-state index in [1.54, 1.807) is 0 Å². The van der Waals surface area contributed by atoms with Gasteiger partial charge in [-0.25, -0.2) is 0 Å². The van der Waals surface area contributed by atoms with E-state index in [1.807, 2.05) is 6.19 Å². The molecule has 0 aromatic rings. The number of rotatable bonds is 2. The molecule has 1 aliphatic carbocycles. The summed E-state index contributed by atoms with van der Waals surface area (Å²) in [6.07, 6.45) is 3.67. The maximum atomic E-state index is 8.57. The van der Waals surface area contributed by atoms with Crippen molar-refractivity contribution in [2.24, 2.45) is 0 Å². The van der Waals surface area contributed by atoms with Crippen molar-refractivity contribution in [2.75, 3.05) is 6.61 Å². The van der Waals surface area contributed by atoms with Crippen molar-refractivity contribution in [3.63, 3.8) is 0 Å². The van der Waals surface area contributed by atoms with Gasteiger partial charge in [0, 0.05) is 0 Å². The maximum Gasteiger partial charge on any atom is 0.177 e. The summed E-state index contributed by atoms with van der Waals surface area (Å²) in [5.74, 6) is 0. The summed E-state index contributed by atoms with van der Waals surface area (Å²) in [6, 6.07) is 0. The molecule has 3 heteroatoms. The summed E-state index contributed by atoms with van der Waals surface area (Å²) in [7, 11) is 0. The van der Waals surface area contributed by atoms with Gasteiger partial charge in [-0.05, 0) is 12.8 Å². The van der Waals surface area contributed by atoms with E-state index in [0.717, 1.165) is 12.8 Å². The lowest BCUT2D eigenvalue weighted by Crippen LogP contribution is -2.30. The minimum Gasteiger partial charge on any atom is -0.394 e. The molecule has 0 spiro atoms. The lowest BCUT2D eigenvalue weighted by Gasteiger charge is -2.05. The van der Waals surface area contributed by atoms with Crippen LogP contribution >= 0.6 is 0 Å². The van der Waals surface area contributed by atoms with Gasteiger partial charge in [0.05, 0.1) is 12.1 Å². The molecule has 0 radical (unpaired) electrons. The molecule has 3 nitrogen and oxygen atoms in total. The second-order valence-electron chi connectivity index (χ2n) is 2.18. The van der Waals surface area contributed by atoms with Gasteiger partial charge in [0.15, 0.2) is 6.19 Å². The molecule has 0 heterocycles. The van der Waals surface area contributed by atoms with Crippen LogP contribution in [0.15, 0.2) is 0 Å². The third-order valence-corrected chi connectivity index (χ3v) is 1.48. The Labute approximate surface area is 47.9 Å². The lowest BCUT2D eigenvalue weighted by atomic mass is 10.3. The SMILES string of the molecule is N#CNC1(CO)CC1. The standard InChI is InChI=1S/C5H8N2O/c6-4-7-5(3-8)1-2-5/h7-8H,1-3H2. The van der Waals surface area contributed by atoms with Crippen LogP contribution in [0.1, 0.15) is 12.8 Å². The highest BCUT2D eigenvalue weighted by atomic mass is 16.3. The molecule has 44 valence electrons. The van der Waals surface area contributed by atoms with Gasteiger partial charge in [0.1, 0.15) is 0 Å². The lowest BCUT2D eigenvalue weighted by molar-refractivity contribution is 0.243. The first-order chi connectivity index (χ1) is 3.83. The van der Waals surface area contributed by atoms with Crippen LogP contribution in [-0.4, -0.2) is 17.3 Å². The highest BCUT2D eigenvalue weighted by Crippen LogP contribution is 2.33. The summed E-state index contributed by atoms with van der Waals surface area (Å²) in [6.45, 7) is 0.0839. The van der Waals surface area contributed by atoms with E-state index in [-0.39, 0.29) is 12.1 Å². The van der Waals surface area contributed by atoms with Crippen molar-refractivity contribution in [1.29, 1.82) is 5.26 Å². The predicted octanol–water partition coefficient (Wildman–Crippen LogP) is -0.418. The first-order valence-corrected chi connectivity index (χ1v) is 2.60. The highest BCUT2D eigenvalue weighted by molar-refractivity contribution is 5.04. The molecule has 1 saturated carbocycles. The van der Waals surface area contributed by atoms with Crippen LogP contribution in [0.2, 0.25) is 0 Å². The summed E-state index contributed by atoms with van der Waals surface area (Å²) in [5.41, 5.74) is -0.214. The fourth-order valence-corrected chi connectivity index (χ4v) is 0.592. The van der Waals surface area contributed by atoms with E-state index in [1.165, 1.54) is 0 Å². The molecule has 0 saturated heterocycles. The second kappa shape index (κ2) is 1.64. The largest absolute Gasteiger partial charge is 0.394 e. The molecule has 1 rings (SSSR count).